The first-order chi connectivity index (χ1) is 12.7. The van der Waals surface area contributed by atoms with Crippen LogP contribution in [0, 0.1) is 0 Å². The van der Waals surface area contributed by atoms with E-state index in [-0.39, 0.29) is 17.9 Å². The van der Waals surface area contributed by atoms with Gasteiger partial charge >= 0.3 is 6.09 Å². The second-order valence-corrected chi connectivity index (χ2v) is 8.05. The summed E-state index contributed by atoms with van der Waals surface area (Å²) in [5.74, 6) is 0.522. The van der Waals surface area contributed by atoms with Crippen LogP contribution in [-0.4, -0.2) is 28.2 Å². The summed E-state index contributed by atoms with van der Waals surface area (Å²) in [5.41, 5.74) is 1.58. The van der Waals surface area contributed by atoms with Gasteiger partial charge in [-0.25, -0.2) is 4.79 Å². The van der Waals surface area contributed by atoms with Crippen LogP contribution in [-0.2, 0) is 4.74 Å². The highest BCUT2D eigenvalue weighted by Gasteiger charge is 2.27. The topological polar surface area (TPSA) is 49.8 Å². The summed E-state index contributed by atoms with van der Waals surface area (Å²) in [5, 5.41) is 9.80. The molecule has 0 aliphatic heterocycles. The summed E-state index contributed by atoms with van der Waals surface area (Å²) in [6.07, 6.45) is 0.491. The number of carbonyl (C=O) groups excluding carboxylic acids is 1. The number of phenolic OH excluding ortho intramolecular Hbond substituents is 1. The summed E-state index contributed by atoms with van der Waals surface area (Å²) < 4.78 is 5.64. The molecule has 4 nitrogen and oxygen atoms in total. The van der Waals surface area contributed by atoms with Gasteiger partial charge in [-0.3, -0.25) is 0 Å². The third-order valence-corrected chi connectivity index (χ3v) is 4.62. The van der Waals surface area contributed by atoms with Crippen LogP contribution in [0.15, 0.2) is 54.6 Å². The molecule has 0 fully saturated rings. The van der Waals surface area contributed by atoms with Gasteiger partial charge in [-0.15, -0.1) is 0 Å². The molecule has 0 radical (unpaired) electrons. The van der Waals surface area contributed by atoms with Crippen LogP contribution in [0.25, 0.3) is 0 Å². The number of carbonyl (C=O) groups is 1. The average molecular weight is 370 g/mol. The maximum atomic E-state index is 12.8. The van der Waals surface area contributed by atoms with Gasteiger partial charge in [0.15, 0.2) is 0 Å². The highest BCUT2D eigenvalue weighted by Crippen LogP contribution is 2.27. The highest BCUT2D eigenvalue weighted by atomic mass is 16.6. The standard InChI is InChI=1S/C23H31NO3/c1-17(19-10-7-6-8-11-19)14-15-24(22(26)27-23(3,4)5)18(2)20-12-9-13-21(25)16-20/h6-13,16-18,25H,14-15H2,1-5H3/t17?,18-/m0/s1. The number of amides is 1. The monoisotopic (exact) mass is 369 g/mol. The lowest BCUT2D eigenvalue weighted by atomic mass is 9.97. The second-order valence-electron chi connectivity index (χ2n) is 8.05. The van der Waals surface area contributed by atoms with Crippen LogP contribution in [0.3, 0.4) is 0 Å². The van der Waals surface area contributed by atoms with E-state index in [1.807, 2.05) is 52.0 Å². The quantitative estimate of drug-likeness (QED) is 0.691. The molecule has 27 heavy (non-hydrogen) atoms. The third kappa shape index (κ3) is 6.31. The number of hydrogen-bond acceptors (Lipinski definition) is 3. The van der Waals surface area contributed by atoms with E-state index in [2.05, 4.69) is 19.1 Å². The number of ether oxygens (including phenoxy) is 1. The molecule has 4 heteroatoms. The normalized spacial score (nSPS) is 13.7. The first kappa shape index (κ1) is 20.8. The number of benzene rings is 2. The summed E-state index contributed by atoms with van der Waals surface area (Å²) in [4.78, 5) is 14.6. The van der Waals surface area contributed by atoms with E-state index in [4.69, 9.17) is 4.74 Å². The summed E-state index contributed by atoms with van der Waals surface area (Å²) in [6, 6.07) is 17.1. The minimum absolute atomic E-state index is 0.196. The fourth-order valence-corrected chi connectivity index (χ4v) is 3.01. The predicted molar refractivity (Wildman–Crippen MR) is 109 cm³/mol. The first-order valence-electron chi connectivity index (χ1n) is 9.51. The number of rotatable bonds is 6. The minimum Gasteiger partial charge on any atom is -0.508 e. The third-order valence-electron chi connectivity index (χ3n) is 4.62. The second kappa shape index (κ2) is 8.94. The lowest BCUT2D eigenvalue weighted by molar-refractivity contribution is 0.0167. The molecule has 0 saturated carbocycles. The van der Waals surface area contributed by atoms with Crippen LogP contribution in [0.2, 0.25) is 0 Å². The molecule has 0 aliphatic carbocycles. The molecule has 2 rings (SSSR count). The van der Waals surface area contributed by atoms with Crippen molar-refractivity contribution < 1.29 is 14.6 Å². The zero-order valence-corrected chi connectivity index (χ0v) is 17.0. The highest BCUT2D eigenvalue weighted by molar-refractivity contribution is 5.69. The van der Waals surface area contributed by atoms with E-state index >= 15 is 0 Å². The Hall–Kier alpha value is -2.49. The van der Waals surface area contributed by atoms with Crippen LogP contribution >= 0.6 is 0 Å². The van der Waals surface area contributed by atoms with Crippen molar-refractivity contribution in [1.29, 1.82) is 0 Å². The van der Waals surface area contributed by atoms with Crippen molar-refractivity contribution in [1.82, 2.24) is 4.90 Å². The van der Waals surface area contributed by atoms with Gasteiger partial charge in [0.1, 0.15) is 11.4 Å². The van der Waals surface area contributed by atoms with Crippen molar-refractivity contribution in [2.24, 2.45) is 0 Å². The zero-order valence-electron chi connectivity index (χ0n) is 17.0. The predicted octanol–water partition coefficient (Wildman–Crippen LogP) is 5.88. The van der Waals surface area contributed by atoms with Gasteiger partial charge in [0.05, 0.1) is 6.04 Å². The van der Waals surface area contributed by atoms with Crippen LogP contribution < -0.4 is 0 Å². The Balaban J connectivity index is 2.17. The van der Waals surface area contributed by atoms with Crippen LogP contribution in [0.5, 0.6) is 5.75 Å². The first-order valence-corrected chi connectivity index (χ1v) is 9.51. The average Bonchev–Trinajstić information content (AvgIpc) is 2.60. The Kier molecular flexibility index (Phi) is 6.89. The molecule has 1 unspecified atom stereocenters. The van der Waals surface area contributed by atoms with Gasteiger partial charge in [-0.1, -0.05) is 49.4 Å². The van der Waals surface area contributed by atoms with E-state index < -0.39 is 5.60 Å². The molecule has 0 spiro atoms. The molecule has 146 valence electrons. The van der Waals surface area contributed by atoms with Crippen molar-refractivity contribution in [3.8, 4) is 5.75 Å². The van der Waals surface area contributed by atoms with Crippen molar-refractivity contribution in [3.63, 3.8) is 0 Å². The van der Waals surface area contributed by atoms with Gasteiger partial charge in [0, 0.05) is 6.54 Å². The van der Waals surface area contributed by atoms with Crippen LogP contribution in [0.4, 0.5) is 4.79 Å². The van der Waals surface area contributed by atoms with Crippen molar-refractivity contribution in [2.75, 3.05) is 6.54 Å². The van der Waals surface area contributed by atoms with Gasteiger partial charge in [-0.05, 0) is 63.3 Å². The SMILES string of the molecule is CC(CCN(C(=O)OC(C)(C)C)[C@@H](C)c1cccc(O)c1)c1ccccc1. The molecule has 2 aromatic rings. The summed E-state index contributed by atoms with van der Waals surface area (Å²) >= 11 is 0. The van der Waals surface area contributed by atoms with E-state index in [1.165, 1.54) is 5.56 Å². The smallest absolute Gasteiger partial charge is 0.410 e. The lowest BCUT2D eigenvalue weighted by Gasteiger charge is -2.33. The van der Waals surface area contributed by atoms with E-state index in [0.717, 1.165) is 12.0 Å². The number of nitrogens with zero attached hydrogens (tertiary/aromatic N) is 1. The summed E-state index contributed by atoms with van der Waals surface area (Å²) in [6.45, 7) is 10.3. The van der Waals surface area contributed by atoms with Crippen molar-refractivity contribution in [2.45, 2.75) is 58.6 Å². The molecule has 0 heterocycles. The molecular formula is C23H31NO3. The Bertz CT molecular complexity index is 737. The molecular weight excluding hydrogens is 338 g/mol. The Labute approximate surface area is 162 Å². The van der Waals surface area contributed by atoms with Gasteiger partial charge in [0.25, 0.3) is 0 Å². The fourth-order valence-electron chi connectivity index (χ4n) is 3.01. The molecule has 1 amide bonds. The lowest BCUT2D eigenvalue weighted by Crippen LogP contribution is -2.39. The molecule has 0 bridgehead atoms. The minimum atomic E-state index is -0.557. The van der Waals surface area contributed by atoms with Gasteiger partial charge in [-0.2, -0.15) is 0 Å². The molecule has 2 aromatic carbocycles. The Morgan fingerprint density at radius 2 is 1.67 bits per heavy atom. The maximum absolute atomic E-state index is 12.8. The largest absolute Gasteiger partial charge is 0.508 e. The molecule has 2 atom stereocenters. The molecule has 1 N–H and O–H groups in total. The molecule has 0 aromatic heterocycles. The Morgan fingerprint density at radius 1 is 1.04 bits per heavy atom. The van der Waals surface area contributed by atoms with E-state index in [9.17, 15) is 9.90 Å². The number of aromatic hydroxyl groups is 1. The van der Waals surface area contributed by atoms with E-state index in [0.29, 0.717) is 12.5 Å². The van der Waals surface area contributed by atoms with Crippen molar-refractivity contribution >= 4 is 6.09 Å². The summed E-state index contributed by atoms with van der Waals surface area (Å²) in [7, 11) is 0. The number of hydrogen-bond donors (Lipinski definition) is 1. The number of phenols is 1. The molecule has 0 saturated heterocycles. The van der Waals surface area contributed by atoms with E-state index in [1.54, 1.807) is 23.1 Å². The van der Waals surface area contributed by atoms with Gasteiger partial charge < -0.3 is 14.7 Å². The van der Waals surface area contributed by atoms with Crippen molar-refractivity contribution in [3.05, 3.63) is 65.7 Å². The maximum Gasteiger partial charge on any atom is 0.410 e. The zero-order chi connectivity index (χ0) is 20.0. The van der Waals surface area contributed by atoms with Crippen LogP contribution in [0.1, 0.15) is 64.1 Å². The van der Waals surface area contributed by atoms with Gasteiger partial charge in [0.2, 0.25) is 0 Å². The fraction of sp³-hybridized carbons (Fsp3) is 0.435. The Morgan fingerprint density at radius 3 is 2.26 bits per heavy atom. The molecule has 0 aliphatic rings.